The van der Waals surface area contributed by atoms with E-state index < -0.39 is 10.8 Å². The predicted molar refractivity (Wildman–Crippen MR) is 274 cm³/mol. The smallest absolute Gasteiger partial charge is 0.163 e. The topological polar surface area (TPSA) is 77.6 Å². The molecule has 2 bridgehead atoms. The third kappa shape index (κ3) is 5.76. The monoisotopic (exact) mass is 881 g/mol. The van der Waals surface area contributed by atoms with Gasteiger partial charge in [0.25, 0.3) is 0 Å². The number of fused-ring (bicyclic) bond motifs is 3. The molecule has 0 aliphatic heterocycles. The van der Waals surface area contributed by atoms with Gasteiger partial charge in [0.15, 0.2) is 17.5 Å². The van der Waals surface area contributed by atoms with Crippen LogP contribution in [0.4, 0.5) is 0 Å². The molecule has 322 valence electrons. The number of aromatic nitrogens is 5. The van der Waals surface area contributed by atoms with Gasteiger partial charge in [-0.2, -0.15) is 0 Å². The summed E-state index contributed by atoms with van der Waals surface area (Å²) in [6, 6.07) is 82.8. The van der Waals surface area contributed by atoms with E-state index in [0.29, 0.717) is 23.3 Å². The first-order valence-corrected chi connectivity index (χ1v) is 23.3. The zero-order valence-electron chi connectivity index (χ0n) is 37.2. The lowest BCUT2D eigenvalue weighted by molar-refractivity contribution is 0.518. The molecule has 0 atom stereocenters. The van der Waals surface area contributed by atoms with Crippen LogP contribution < -0.4 is 0 Å². The van der Waals surface area contributed by atoms with Crippen molar-refractivity contribution < 1.29 is 4.42 Å². The van der Waals surface area contributed by atoms with Crippen LogP contribution in [-0.2, 0) is 10.8 Å². The molecule has 3 aromatic heterocycles. The van der Waals surface area contributed by atoms with Gasteiger partial charge in [0, 0.05) is 33.0 Å². The van der Waals surface area contributed by atoms with Crippen LogP contribution in [-0.4, -0.2) is 24.9 Å². The Morgan fingerprint density at radius 2 is 0.696 bits per heavy atom. The van der Waals surface area contributed by atoms with E-state index in [2.05, 4.69) is 194 Å². The molecule has 12 aromatic rings. The molecule has 3 heterocycles. The van der Waals surface area contributed by atoms with Crippen LogP contribution in [0.2, 0.25) is 0 Å². The van der Waals surface area contributed by atoms with Gasteiger partial charge in [-0.3, -0.25) is 0 Å². The highest BCUT2D eigenvalue weighted by Crippen LogP contribution is 2.65. The van der Waals surface area contributed by atoms with Crippen LogP contribution >= 0.6 is 0 Å². The second-order valence-electron chi connectivity index (χ2n) is 17.9. The molecular formula is C63H39N5O. The maximum atomic E-state index is 6.43. The lowest BCUT2D eigenvalue weighted by atomic mass is 9.46. The van der Waals surface area contributed by atoms with Gasteiger partial charge in [0.2, 0.25) is 0 Å². The number of benzene rings is 9. The van der Waals surface area contributed by atoms with Gasteiger partial charge in [-0.05, 0) is 74.8 Å². The summed E-state index contributed by atoms with van der Waals surface area (Å²) >= 11 is 0. The minimum Gasteiger partial charge on any atom is -0.456 e. The van der Waals surface area contributed by atoms with Crippen LogP contribution in [0.5, 0.6) is 0 Å². The Morgan fingerprint density at radius 3 is 1.29 bits per heavy atom. The Hall–Kier alpha value is -9.13. The lowest BCUT2D eigenvalue weighted by Crippen LogP contribution is -2.53. The van der Waals surface area contributed by atoms with E-state index in [4.69, 9.17) is 29.3 Å². The molecule has 0 amide bonds. The van der Waals surface area contributed by atoms with Gasteiger partial charge < -0.3 is 4.42 Å². The fourth-order valence-corrected chi connectivity index (χ4v) is 11.3. The molecule has 9 aromatic carbocycles. The van der Waals surface area contributed by atoms with Crippen molar-refractivity contribution in [3.8, 4) is 56.4 Å². The number of hydrogen-bond donors (Lipinski definition) is 0. The van der Waals surface area contributed by atoms with Crippen LogP contribution in [0.15, 0.2) is 241 Å². The average Bonchev–Trinajstić information content (AvgIpc) is 3.81. The summed E-state index contributed by atoms with van der Waals surface area (Å²) < 4.78 is 6.43. The Balaban J connectivity index is 1.05. The molecule has 3 aliphatic rings. The summed E-state index contributed by atoms with van der Waals surface area (Å²) in [5, 5.41) is 2.12. The summed E-state index contributed by atoms with van der Waals surface area (Å²) in [6.07, 6.45) is 0. The molecule has 0 N–H and O–H groups in total. The van der Waals surface area contributed by atoms with Crippen molar-refractivity contribution in [2.24, 2.45) is 0 Å². The van der Waals surface area contributed by atoms with Crippen molar-refractivity contribution in [1.29, 1.82) is 0 Å². The van der Waals surface area contributed by atoms with Crippen molar-refractivity contribution in [1.82, 2.24) is 24.9 Å². The van der Waals surface area contributed by atoms with Crippen molar-refractivity contribution in [2.75, 3.05) is 0 Å². The van der Waals surface area contributed by atoms with E-state index in [1.54, 1.807) is 0 Å². The molecule has 6 heteroatoms. The average molecular weight is 882 g/mol. The molecular weight excluding hydrogens is 843 g/mol. The minimum atomic E-state index is -0.958. The maximum Gasteiger partial charge on any atom is 0.163 e. The molecule has 0 saturated heterocycles. The zero-order chi connectivity index (χ0) is 45.5. The van der Waals surface area contributed by atoms with Gasteiger partial charge in [-0.1, -0.05) is 206 Å². The first-order chi connectivity index (χ1) is 34.2. The van der Waals surface area contributed by atoms with E-state index in [1.807, 2.05) is 42.5 Å². The second-order valence-corrected chi connectivity index (χ2v) is 17.9. The first-order valence-electron chi connectivity index (χ1n) is 23.3. The van der Waals surface area contributed by atoms with Crippen LogP contribution in [0.25, 0.3) is 78.4 Å². The minimum absolute atomic E-state index is 0.562. The van der Waals surface area contributed by atoms with E-state index in [0.717, 1.165) is 100 Å². The number of hydrogen-bond acceptors (Lipinski definition) is 6. The van der Waals surface area contributed by atoms with Gasteiger partial charge in [-0.25, -0.2) is 24.9 Å². The molecule has 69 heavy (non-hydrogen) atoms. The van der Waals surface area contributed by atoms with Gasteiger partial charge in [0.05, 0.1) is 11.4 Å². The van der Waals surface area contributed by atoms with Crippen LogP contribution in [0, 0.1) is 0 Å². The van der Waals surface area contributed by atoms with Crippen molar-refractivity contribution in [3.63, 3.8) is 0 Å². The Bertz CT molecular complexity index is 3860. The summed E-state index contributed by atoms with van der Waals surface area (Å²) in [7, 11) is 0. The number of rotatable bonds is 7. The maximum absolute atomic E-state index is 6.43. The lowest BCUT2D eigenvalue weighted by Gasteiger charge is -2.55. The summed E-state index contributed by atoms with van der Waals surface area (Å²) in [4.78, 5) is 27.9. The number of furan rings is 1. The quantitative estimate of drug-likeness (QED) is 0.159. The van der Waals surface area contributed by atoms with Gasteiger partial charge in [0.1, 0.15) is 27.8 Å². The molecule has 0 unspecified atom stereocenters. The van der Waals surface area contributed by atoms with Crippen molar-refractivity contribution >= 4 is 21.9 Å². The molecule has 15 rings (SSSR count). The summed E-state index contributed by atoms with van der Waals surface area (Å²) in [5.74, 6) is 2.48. The normalized spacial score (nSPS) is 16.5. The van der Waals surface area contributed by atoms with E-state index in [1.165, 1.54) is 0 Å². The summed E-state index contributed by atoms with van der Waals surface area (Å²) in [6.45, 7) is 0. The molecule has 6 nitrogen and oxygen atoms in total. The second kappa shape index (κ2) is 15.2. The Morgan fingerprint density at radius 1 is 0.261 bits per heavy atom. The largest absolute Gasteiger partial charge is 0.456 e. The fraction of sp³-hybridized carbons (Fsp3) is 0.0317. The molecule has 0 radical (unpaired) electrons. The van der Waals surface area contributed by atoms with Gasteiger partial charge >= 0.3 is 0 Å². The number of para-hydroxylation sites is 1. The van der Waals surface area contributed by atoms with Crippen LogP contribution in [0.1, 0.15) is 45.0 Å². The highest BCUT2D eigenvalue weighted by molar-refractivity contribution is 6.05. The SMILES string of the molecule is c1ccc(-c2cccc(-c3cc(-c4ccccc4)nc(C45c6ccccc6C(c6nc(-c7ccccc7)nc(-c7ccc8c(c7)oc7ccccc78)n6)(c6ccccc64)c4ccccc45)n3)c2)cc1. The van der Waals surface area contributed by atoms with Crippen molar-refractivity contribution in [3.05, 3.63) is 282 Å². The van der Waals surface area contributed by atoms with E-state index in [-0.39, 0.29) is 0 Å². The molecule has 0 saturated carbocycles. The zero-order valence-corrected chi connectivity index (χ0v) is 37.2. The van der Waals surface area contributed by atoms with Crippen molar-refractivity contribution in [2.45, 2.75) is 10.8 Å². The van der Waals surface area contributed by atoms with E-state index in [9.17, 15) is 0 Å². The molecule has 0 spiro atoms. The fourth-order valence-electron chi connectivity index (χ4n) is 11.3. The number of nitrogens with zero attached hydrogens (tertiary/aromatic N) is 5. The van der Waals surface area contributed by atoms with Gasteiger partial charge in [-0.15, -0.1) is 0 Å². The van der Waals surface area contributed by atoms with E-state index >= 15 is 0 Å². The highest BCUT2D eigenvalue weighted by Gasteiger charge is 2.62. The Kier molecular flexibility index (Phi) is 8.61. The predicted octanol–water partition coefficient (Wildman–Crippen LogP) is 14.3. The highest BCUT2D eigenvalue weighted by atomic mass is 16.3. The molecule has 3 aliphatic carbocycles. The standard InChI is InChI=1S/C63H39N5O/c1-4-19-40(20-5-1)43-25-18-26-44(37-43)55-39-54(41-21-6-2-7-22-41)64-60(65-55)62-48-28-11-14-31-51(48)63(52-32-15-12-29-49(52)62,53-33-16-13-30-50(53)62)61-67-58(42-23-8-3-9-24-42)66-59(68-61)45-35-36-47-46-27-10-17-34-56(46)69-57(47)38-45/h1-39H. The third-order valence-electron chi connectivity index (χ3n) is 14.2. The molecule has 0 fully saturated rings. The first kappa shape index (κ1) is 39.1. The Labute approximate surface area is 398 Å². The van der Waals surface area contributed by atoms with Crippen LogP contribution in [0.3, 0.4) is 0 Å². The summed E-state index contributed by atoms with van der Waals surface area (Å²) in [5.41, 5.74) is 14.0. The third-order valence-corrected chi connectivity index (χ3v) is 14.2.